The van der Waals surface area contributed by atoms with Crippen LogP contribution in [-0.2, 0) is 0 Å². The Morgan fingerprint density at radius 2 is 0.950 bits per heavy atom. The standard InChI is InChI=1S/C18H38O2/c1-3-5-11-15-18(20)16-13-10-8-6-7-9-12-14-17(19)4-2/h17-20H,3-16H2,1-2H3. The predicted octanol–water partition coefficient (Wildman–Crippen LogP) is 5.21. The summed E-state index contributed by atoms with van der Waals surface area (Å²) in [6, 6.07) is 0. The average molecular weight is 286 g/mol. The molecule has 0 saturated carbocycles. The quantitative estimate of drug-likeness (QED) is 0.406. The monoisotopic (exact) mass is 286 g/mol. The maximum Gasteiger partial charge on any atom is 0.0540 e. The lowest BCUT2D eigenvalue weighted by atomic mass is 10.0. The molecule has 0 aliphatic rings. The number of hydrogen-bond acceptors (Lipinski definition) is 2. The van der Waals surface area contributed by atoms with Crippen molar-refractivity contribution >= 4 is 0 Å². The summed E-state index contributed by atoms with van der Waals surface area (Å²) in [6.07, 6.45) is 16.2. The van der Waals surface area contributed by atoms with E-state index in [0.29, 0.717) is 0 Å². The van der Waals surface area contributed by atoms with Crippen LogP contribution in [0.4, 0.5) is 0 Å². The summed E-state index contributed by atoms with van der Waals surface area (Å²) >= 11 is 0. The molecule has 0 aliphatic carbocycles. The van der Waals surface area contributed by atoms with Crippen molar-refractivity contribution < 1.29 is 10.2 Å². The fourth-order valence-electron chi connectivity index (χ4n) is 2.62. The van der Waals surface area contributed by atoms with Crippen molar-refractivity contribution in [3.8, 4) is 0 Å². The van der Waals surface area contributed by atoms with Gasteiger partial charge in [0.25, 0.3) is 0 Å². The van der Waals surface area contributed by atoms with Crippen molar-refractivity contribution in [2.45, 2.75) is 116 Å². The third-order valence-electron chi connectivity index (χ3n) is 4.19. The van der Waals surface area contributed by atoms with Crippen molar-refractivity contribution in [2.75, 3.05) is 0 Å². The molecule has 2 unspecified atom stereocenters. The molecule has 0 bridgehead atoms. The molecule has 0 fully saturated rings. The lowest BCUT2D eigenvalue weighted by Gasteiger charge is -2.10. The molecule has 0 amide bonds. The van der Waals surface area contributed by atoms with Crippen LogP contribution >= 0.6 is 0 Å². The van der Waals surface area contributed by atoms with Crippen LogP contribution in [0.3, 0.4) is 0 Å². The Kier molecular flexibility index (Phi) is 15.3. The minimum Gasteiger partial charge on any atom is -0.393 e. The molecule has 2 atom stereocenters. The Morgan fingerprint density at radius 1 is 0.550 bits per heavy atom. The summed E-state index contributed by atoms with van der Waals surface area (Å²) in [5.41, 5.74) is 0. The van der Waals surface area contributed by atoms with Gasteiger partial charge in [0.05, 0.1) is 12.2 Å². The molecule has 0 aromatic heterocycles. The first-order valence-electron chi connectivity index (χ1n) is 9.06. The minimum absolute atomic E-state index is 0.0583. The Morgan fingerprint density at radius 3 is 1.40 bits per heavy atom. The maximum atomic E-state index is 9.80. The second-order valence-electron chi connectivity index (χ2n) is 6.26. The zero-order chi connectivity index (χ0) is 15.1. The number of rotatable bonds is 15. The summed E-state index contributed by atoms with van der Waals surface area (Å²) in [5, 5.41) is 19.2. The molecule has 0 heterocycles. The van der Waals surface area contributed by atoms with Crippen LogP contribution in [0.25, 0.3) is 0 Å². The van der Waals surface area contributed by atoms with Crippen LogP contribution in [-0.4, -0.2) is 22.4 Å². The highest BCUT2D eigenvalue weighted by Gasteiger charge is 2.03. The van der Waals surface area contributed by atoms with Gasteiger partial charge < -0.3 is 10.2 Å². The molecule has 0 aromatic carbocycles. The van der Waals surface area contributed by atoms with Gasteiger partial charge in [0.1, 0.15) is 0 Å². The zero-order valence-electron chi connectivity index (χ0n) is 13.9. The van der Waals surface area contributed by atoms with E-state index in [1.165, 1.54) is 64.2 Å². The van der Waals surface area contributed by atoms with Crippen molar-refractivity contribution in [3.05, 3.63) is 0 Å². The molecule has 0 saturated heterocycles. The van der Waals surface area contributed by atoms with E-state index >= 15 is 0 Å². The van der Waals surface area contributed by atoms with Gasteiger partial charge in [-0.25, -0.2) is 0 Å². The molecule has 0 spiro atoms. The Labute approximate surface area is 127 Å². The predicted molar refractivity (Wildman–Crippen MR) is 88.0 cm³/mol. The fraction of sp³-hybridized carbons (Fsp3) is 1.00. The van der Waals surface area contributed by atoms with E-state index < -0.39 is 0 Å². The minimum atomic E-state index is -0.0794. The van der Waals surface area contributed by atoms with E-state index in [1.807, 2.05) is 6.92 Å². The van der Waals surface area contributed by atoms with Gasteiger partial charge in [-0.15, -0.1) is 0 Å². The Hall–Kier alpha value is -0.0800. The van der Waals surface area contributed by atoms with Gasteiger partial charge in [0.2, 0.25) is 0 Å². The van der Waals surface area contributed by atoms with Gasteiger partial charge in [-0.05, 0) is 25.7 Å². The summed E-state index contributed by atoms with van der Waals surface area (Å²) in [5.74, 6) is 0. The molecule has 0 aliphatic heterocycles. The fourth-order valence-corrected chi connectivity index (χ4v) is 2.62. The second kappa shape index (κ2) is 15.3. The largest absolute Gasteiger partial charge is 0.393 e. The highest BCUT2D eigenvalue weighted by molar-refractivity contribution is 4.57. The third-order valence-corrected chi connectivity index (χ3v) is 4.19. The van der Waals surface area contributed by atoms with Gasteiger partial charge in [-0.1, -0.05) is 78.1 Å². The van der Waals surface area contributed by atoms with Crippen molar-refractivity contribution in [1.82, 2.24) is 0 Å². The molecule has 2 heteroatoms. The Balaban J connectivity index is 3.12. The lowest BCUT2D eigenvalue weighted by molar-refractivity contribution is 0.147. The zero-order valence-corrected chi connectivity index (χ0v) is 13.9. The first-order chi connectivity index (χ1) is 9.70. The summed E-state index contributed by atoms with van der Waals surface area (Å²) in [6.45, 7) is 4.25. The molecule has 122 valence electrons. The summed E-state index contributed by atoms with van der Waals surface area (Å²) in [4.78, 5) is 0. The van der Waals surface area contributed by atoms with Crippen molar-refractivity contribution in [3.63, 3.8) is 0 Å². The maximum absolute atomic E-state index is 9.80. The van der Waals surface area contributed by atoms with E-state index in [-0.39, 0.29) is 12.2 Å². The van der Waals surface area contributed by atoms with Crippen LogP contribution in [0.5, 0.6) is 0 Å². The first-order valence-corrected chi connectivity index (χ1v) is 9.06. The number of unbranched alkanes of at least 4 members (excludes halogenated alkanes) is 8. The summed E-state index contributed by atoms with van der Waals surface area (Å²) < 4.78 is 0. The van der Waals surface area contributed by atoms with E-state index in [0.717, 1.165) is 25.7 Å². The molecular weight excluding hydrogens is 248 g/mol. The van der Waals surface area contributed by atoms with Gasteiger partial charge in [-0.3, -0.25) is 0 Å². The molecule has 0 radical (unpaired) electrons. The van der Waals surface area contributed by atoms with Gasteiger partial charge in [0.15, 0.2) is 0 Å². The van der Waals surface area contributed by atoms with Gasteiger partial charge >= 0.3 is 0 Å². The van der Waals surface area contributed by atoms with Gasteiger partial charge in [0, 0.05) is 0 Å². The molecular formula is C18H38O2. The van der Waals surface area contributed by atoms with E-state index in [4.69, 9.17) is 0 Å². The highest BCUT2D eigenvalue weighted by atomic mass is 16.3. The van der Waals surface area contributed by atoms with E-state index in [2.05, 4.69) is 6.92 Å². The molecule has 0 rings (SSSR count). The van der Waals surface area contributed by atoms with Crippen molar-refractivity contribution in [2.24, 2.45) is 0 Å². The number of aliphatic hydroxyl groups excluding tert-OH is 2. The second-order valence-corrected chi connectivity index (χ2v) is 6.26. The van der Waals surface area contributed by atoms with Gasteiger partial charge in [-0.2, -0.15) is 0 Å². The smallest absolute Gasteiger partial charge is 0.0540 e. The normalized spacial score (nSPS) is 14.4. The average Bonchev–Trinajstić information content (AvgIpc) is 2.45. The molecule has 0 aromatic rings. The molecule has 20 heavy (non-hydrogen) atoms. The molecule has 2 nitrogen and oxygen atoms in total. The highest BCUT2D eigenvalue weighted by Crippen LogP contribution is 2.14. The lowest BCUT2D eigenvalue weighted by Crippen LogP contribution is -2.05. The van der Waals surface area contributed by atoms with E-state index in [9.17, 15) is 10.2 Å². The van der Waals surface area contributed by atoms with Crippen LogP contribution in [0.2, 0.25) is 0 Å². The van der Waals surface area contributed by atoms with E-state index in [1.54, 1.807) is 0 Å². The number of aliphatic hydroxyl groups is 2. The first kappa shape index (κ1) is 19.9. The molecule has 2 N–H and O–H groups in total. The SMILES string of the molecule is CCCCCC(O)CCCCCCCCCC(O)CC. The third kappa shape index (κ3) is 14.3. The van der Waals surface area contributed by atoms with Crippen LogP contribution in [0.15, 0.2) is 0 Å². The summed E-state index contributed by atoms with van der Waals surface area (Å²) in [7, 11) is 0. The van der Waals surface area contributed by atoms with Crippen LogP contribution in [0.1, 0.15) is 104 Å². The van der Waals surface area contributed by atoms with Crippen molar-refractivity contribution in [1.29, 1.82) is 0 Å². The number of hydrogen-bond donors (Lipinski definition) is 2. The topological polar surface area (TPSA) is 40.5 Å². The van der Waals surface area contributed by atoms with Crippen LogP contribution < -0.4 is 0 Å². The Bertz CT molecular complexity index is 182. The van der Waals surface area contributed by atoms with Crippen LogP contribution in [0, 0.1) is 0 Å².